The molecular weight excluding hydrogens is 194 g/mol. The second kappa shape index (κ2) is 3.81. The maximum atomic E-state index is 11.0. The number of nitrogens with two attached hydrogens (primary N) is 1. The molecule has 4 nitrogen and oxygen atoms in total. The normalized spacial score (nSPS) is 18.9. The third kappa shape index (κ3) is 1.88. The van der Waals surface area contributed by atoms with Crippen molar-refractivity contribution in [3.05, 3.63) is 23.8 Å². The maximum Gasteiger partial charge on any atom is 0.224 e. The molecule has 80 valence electrons. The molecule has 15 heavy (non-hydrogen) atoms. The molecule has 2 N–H and O–H groups in total. The van der Waals surface area contributed by atoms with Gasteiger partial charge in [0.25, 0.3) is 0 Å². The zero-order chi connectivity index (χ0) is 10.8. The summed E-state index contributed by atoms with van der Waals surface area (Å²) in [5.41, 5.74) is 6.22. The fraction of sp³-hybridized carbons (Fsp3) is 0.364. The van der Waals surface area contributed by atoms with Crippen LogP contribution >= 0.6 is 0 Å². The molecule has 0 radical (unpaired) electrons. The minimum atomic E-state index is -0.316. The number of methoxy groups -OCH3 is 1. The second-order valence-corrected chi connectivity index (χ2v) is 3.59. The van der Waals surface area contributed by atoms with Crippen molar-refractivity contribution in [1.82, 2.24) is 0 Å². The van der Waals surface area contributed by atoms with Crippen molar-refractivity contribution in [3.8, 4) is 11.5 Å². The zero-order valence-electron chi connectivity index (χ0n) is 8.53. The minimum absolute atomic E-state index is 0.232. The van der Waals surface area contributed by atoms with Gasteiger partial charge in [-0.15, -0.1) is 0 Å². The maximum absolute atomic E-state index is 11.0. The summed E-state index contributed by atoms with van der Waals surface area (Å²) in [4.78, 5) is 11.0. The molecule has 0 fully saturated rings. The summed E-state index contributed by atoms with van der Waals surface area (Å²) in [6.45, 7) is 0.370. The number of primary amides is 1. The molecule has 4 heteroatoms. The van der Waals surface area contributed by atoms with Crippen molar-refractivity contribution in [3.63, 3.8) is 0 Å². The van der Waals surface area contributed by atoms with Crippen LogP contribution in [0.4, 0.5) is 0 Å². The lowest BCUT2D eigenvalue weighted by atomic mass is 9.96. The number of rotatable bonds is 2. The van der Waals surface area contributed by atoms with Gasteiger partial charge in [0, 0.05) is 0 Å². The largest absolute Gasteiger partial charge is 0.497 e. The third-order valence-electron chi connectivity index (χ3n) is 2.58. The van der Waals surface area contributed by atoms with Gasteiger partial charge in [-0.2, -0.15) is 0 Å². The van der Waals surface area contributed by atoms with Gasteiger partial charge in [-0.1, -0.05) is 0 Å². The van der Waals surface area contributed by atoms with Crippen LogP contribution in [0.15, 0.2) is 18.2 Å². The van der Waals surface area contributed by atoms with Gasteiger partial charge in [0.2, 0.25) is 5.91 Å². The van der Waals surface area contributed by atoms with E-state index in [1.807, 2.05) is 18.2 Å². The predicted octanol–water partition coefficient (Wildman–Crippen LogP) is 0.732. The Morgan fingerprint density at radius 1 is 1.60 bits per heavy atom. The van der Waals surface area contributed by atoms with Crippen molar-refractivity contribution in [2.75, 3.05) is 13.7 Å². The average molecular weight is 207 g/mol. The lowest BCUT2D eigenvalue weighted by Crippen LogP contribution is -2.33. The van der Waals surface area contributed by atoms with Gasteiger partial charge >= 0.3 is 0 Å². The summed E-state index contributed by atoms with van der Waals surface area (Å²) in [7, 11) is 1.61. The molecule has 1 aliphatic rings. The minimum Gasteiger partial charge on any atom is -0.497 e. The number of ether oxygens (including phenoxy) is 2. The van der Waals surface area contributed by atoms with Gasteiger partial charge in [0.1, 0.15) is 18.1 Å². The van der Waals surface area contributed by atoms with Crippen LogP contribution in [0.2, 0.25) is 0 Å². The summed E-state index contributed by atoms with van der Waals surface area (Å²) in [5.74, 6) is 1.03. The van der Waals surface area contributed by atoms with Crippen LogP contribution in [0.1, 0.15) is 5.56 Å². The Morgan fingerprint density at radius 3 is 3.07 bits per heavy atom. The number of benzene rings is 1. The first-order chi connectivity index (χ1) is 7.20. The van der Waals surface area contributed by atoms with Crippen molar-refractivity contribution >= 4 is 5.91 Å². The van der Waals surface area contributed by atoms with Gasteiger partial charge in [0.05, 0.1) is 13.0 Å². The lowest BCUT2D eigenvalue weighted by molar-refractivity contribution is -0.123. The summed E-state index contributed by atoms with van der Waals surface area (Å²) < 4.78 is 10.5. The van der Waals surface area contributed by atoms with E-state index in [0.29, 0.717) is 13.0 Å². The van der Waals surface area contributed by atoms with Gasteiger partial charge in [-0.25, -0.2) is 0 Å². The molecule has 0 aromatic heterocycles. The highest BCUT2D eigenvalue weighted by Crippen LogP contribution is 2.30. The number of carbonyl (C=O) groups excluding carboxylic acids is 1. The number of amides is 1. The molecule has 1 atom stereocenters. The molecule has 0 spiro atoms. The predicted molar refractivity (Wildman–Crippen MR) is 54.9 cm³/mol. The Labute approximate surface area is 88.0 Å². The van der Waals surface area contributed by atoms with Gasteiger partial charge in [0.15, 0.2) is 0 Å². The molecule has 1 aliphatic heterocycles. The quantitative estimate of drug-likeness (QED) is 0.777. The van der Waals surface area contributed by atoms with Crippen molar-refractivity contribution in [2.45, 2.75) is 6.42 Å². The van der Waals surface area contributed by atoms with E-state index in [9.17, 15) is 4.79 Å². The summed E-state index contributed by atoms with van der Waals surface area (Å²) in [5, 5.41) is 0. The van der Waals surface area contributed by atoms with Crippen LogP contribution < -0.4 is 15.2 Å². The summed E-state index contributed by atoms with van der Waals surface area (Å²) in [6.07, 6.45) is 0.627. The molecule has 0 aliphatic carbocycles. The monoisotopic (exact) mass is 207 g/mol. The van der Waals surface area contributed by atoms with Crippen LogP contribution in [0.3, 0.4) is 0 Å². The highest BCUT2D eigenvalue weighted by atomic mass is 16.5. The highest BCUT2D eigenvalue weighted by molar-refractivity contribution is 5.77. The molecule has 0 bridgehead atoms. The molecule has 1 heterocycles. The molecule has 0 saturated heterocycles. The Kier molecular flexibility index (Phi) is 2.49. The Bertz CT molecular complexity index is 389. The summed E-state index contributed by atoms with van der Waals surface area (Å²) >= 11 is 0. The van der Waals surface area contributed by atoms with Gasteiger partial charge in [-0.3, -0.25) is 4.79 Å². The van der Waals surface area contributed by atoms with Gasteiger partial charge < -0.3 is 15.2 Å². The van der Waals surface area contributed by atoms with E-state index in [4.69, 9.17) is 15.2 Å². The summed E-state index contributed by atoms with van der Waals surface area (Å²) in [6, 6.07) is 5.57. The Balaban J connectivity index is 2.27. The molecule has 0 saturated carbocycles. The van der Waals surface area contributed by atoms with E-state index in [-0.39, 0.29) is 11.8 Å². The van der Waals surface area contributed by atoms with E-state index in [1.165, 1.54) is 0 Å². The topological polar surface area (TPSA) is 61.5 Å². The standard InChI is InChI=1S/C11H13NO3/c1-14-9-2-3-10-7(5-9)4-8(6-15-10)11(12)13/h2-3,5,8H,4,6H2,1H3,(H2,12,13). The Hall–Kier alpha value is -1.71. The number of carbonyl (C=O) groups is 1. The first-order valence-corrected chi connectivity index (χ1v) is 4.79. The second-order valence-electron chi connectivity index (χ2n) is 3.59. The lowest BCUT2D eigenvalue weighted by Gasteiger charge is -2.23. The van der Waals surface area contributed by atoms with E-state index in [2.05, 4.69) is 0 Å². The van der Waals surface area contributed by atoms with Crippen molar-refractivity contribution in [1.29, 1.82) is 0 Å². The third-order valence-corrected chi connectivity index (χ3v) is 2.58. The van der Waals surface area contributed by atoms with Crippen LogP contribution in [-0.2, 0) is 11.2 Å². The van der Waals surface area contributed by atoms with Crippen molar-refractivity contribution in [2.24, 2.45) is 11.7 Å². The number of hydrogen-bond acceptors (Lipinski definition) is 3. The molecule has 1 amide bonds. The smallest absolute Gasteiger partial charge is 0.224 e. The number of hydrogen-bond donors (Lipinski definition) is 1. The van der Waals surface area contributed by atoms with Crippen LogP contribution in [-0.4, -0.2) is 19.6 Å². The molecular formula is C11H13NO3. The van der Waals surface area contributed by atoms with E-state index in [1.54, 1.807) is 7.11 Å². The number of fused-ring (bicyclic) bond motifs is 1. The Morgan fingerprint density at radius 2 is 2.40 bits per heavy atom. The zero-order valence-corrected chi connectivity index (χ0v) is 8.53. The van der Waals surface area contributed by atoms with E-state index in [0.717, 1.165) is 17.1 Å². The highest BCUT2D eigenvalue weighted by Gasteiger charge is 2.24. The molecule has 1 unspecified atom stereocenters. The fourth-order valence-corrected chi connectivity index (χ4v) is 1.68. The van der Waals surface area contributed by atoms with E-state index < -0.39 is 0 Å². The van der Waals surface area contributed by atoms with Crippen LogP contribution in [0.25, 0.3) is 0 Å². The van der Waals surface area contributed by atoms with E-state index >= 15 is 0 Å². The molecule has 1 aromatic carbocycles. The van der Waals surface area contributed by atoms with Gasteiger partial charge in [-0.05, 0) is 30.2 Å². The average Bonchev–Trinajstić information content (AvgIpc) is 2.27. The fourth-order valence-electron chi connectivity index (χ4n) is 1.68. The first kappa shape index (κ1) is 9.83. The molecule has 1 aromatic rings. The first-order valence-electron chi connectivity index (χ1n) is 4.79. The molecule has 2 rings (SSSR count). The van der Waals surface area contributed by atoms with Crippen LogP contribution in [0, 0.1) is 5.92 Å². The SMILES string of the molecule is COc1ccc2c(c1)CC(C(N)=O)CO2. The van der Waals surface area contributed by atoms with Crippen molar-refractivity contribution < 1.29 is 14.3 Å². The van der Waals surface area contributed by atoms with Crippen LogP contribution in [0.5, 0.6) is 11.5 Å².